The van der Waals surface area contributed by atoms with Crippen molar-refractivity contribution in [1.29, 1.82) is 0 Å². The summed E-state index contributed by atoms with van der Waals surface area (Å²) in [5.74, 6) is -4.36. The summed E-state index contributed by atoms with van der Waals surface area (Å²) in [6.07, 6.45) is -2.41. The molecule has 2 heterocycles. The van der Waals surface area contributed by atoms with Crippen LogP contribution >= 0.6 is 11.8 Å². The number of thioether (sulfide) groups is 1. The third kappa shape index (κ3) is 4.53. The predicted molar refractivity (Wildman–Crippen MR) is 122 cm³/mol. The average molecular weight is 504 g/mol. The highest BCUT2D eigenvalue weighted by Crippen LogP contribution is 2.39. The third-order valence-electron chi connectivity index (χ3n) is 5.92. The molecular weight excluding hydrogens is 483 g/mol. The van der Waals surface area contributed by atoms with E-state index in [0.29, 0.717) is 0 Å². The van der Waals surface area contributed by atoms with Gasteiger partial charge in [-0.05, 0) is 35.0 Å². The Hall–Kier alpha value is -2.96. The van der Waals surface area contributed by atoms with Crippen LogP contribution in [0.4, 0.5) is 13.2 Å². The van der Waals surface area contributed by atoms with Gasteiger partial charge in [-0.3, -0.25) is 0 Å². The van der Waals surface area contributed by atoms with E-state index in [2.05, 4.69) is 10.3 Å². The second-order valence-corrected chi connectivity index (χ2v) is 9.33. The molecule has 4 aromatic rings. The van der Waals surface area contributed by atoms with Gasteiger partial charge in [0.25, 0.3) is 0 Å². The molecule has 1 fully saturated rings. The molecule has 0 bridgehead atoms. The zero-order chi connectivity index (χ0) is 24.7. The summed E-state index contributed by atoms with van der Waals surface area (Å²) >= 11 is 1.22. The molecule has 1 aromatic heterocycles. The average Bonchev–Trinajstić information content (AvgIpc) is 3.34. The van der Waals surface area contributed by atoms with Gasteiger partial charge in [0.05, 0.1) is 12.8 Å². The van der Waals surface area contributed by atoms with Crippen LogP contribution in [0.15, 0.2) is 65.7 Å². The molecule has 1 aliphatic heterocycles. The molecule has 11 heteroatoms. The number of hydrogen-bond donors (Lipinski definition) is 3. The Kier molecular flexibility index (Phi) is 6.51. The number of ether oxygens (including phenoxy) is 1. The van der Waals surface area contributed by atoms with Crippen LogP contribution in [0.25, 0.3) is 22.0 Å². The Morgan fingerprint density at radius 2 is 1.66 bits per heavy atom. The van der Waals surface area contributed by atoms with E-state index in [0.717, 1.165) is 32.5 Å². The molecular formula is C24H20F3N3O4S. The summed E-state index contributed by atoms with van der Waals surface area (Å²) in [7, 11) is 0. The van der Waals surface area contributed by atoms with E-state index < -0.39 is 53.8 Å². The first kappa shape index (κ1) is 23.8. The quantitative estimate of drug-likeness (QED) is 0.360. The molecule has 182 valence electrons. The standard InChI is InChI=1S/C24H20F3N3O4S/c25-16-8-14(9-17(26)20(16)27)18-10-30(29-28-18)21-22(32)19(11-31)34-24(23(21)33)35-15-6-5-12-3-1-2-4-13(12)7-15/h1-10,19,21-24,31-33H,11H2. The lowest BCUT2D eigenvalue weighted by molar-refractivity contribution is -0.178. The maximum atomic E-state index is 13.7. The van der Waals surface area contributed by atoms with Gasteiger partial charge in [0, 0.05) is 10.5 Å². The van der Waals surface area contributed by atoms with Crippen molar-refractivity contribution >= 4 is 22.5 Å². The topological polar surface area (TPSA) is 101 Å². The molecule has 5 atom stereocenters. The van der Waals surface area contributed by atoms with Crippen LogP contribution in [-0.2, 0) is 4.74 Å². The molecule has 0 amide bonds. The lowest BCUT2D eigenvalue weighted by Crippen LogP contribution is -2.55. The molecule has 35 heavy (non-hydrogen) atoms. The van der Waals surface area contributed by atoms with Gasteiger partial charge >= 0.3 is 0 Å². The highest BCUT2D eigenvalue weighted by Gasteiger charge is 2.46. The Morgan fingerprint density at radius 1 is 0.943 bits per heavy atom. The van der Waals surface area contributed by atoms with Crippen LogP contribution in [-0.4, -0.2) is 60.7 Å². The van der Waals surface area contributed by atoms with Crippen molar-refractivity contribution in [3.63, 3.8) is 0 Å². The molecule has 0 saturated carbocycles. The second-order valence-electron chi connectivity index (χ2n) is 8.16. The van der Waals surface area contributed by atoms with Gasteiger partial charge in [0.1, 0.15) is 35.5 Å². The van der Waals surface area contributed by atoms with Crippen LogP contribution in [0, 0.1) is 17.5 Å². The summed E-state index contributed by atoms with van der Waals surface area (Å²) < 4.78 is 47.6. The number of nitrogens with zero attached hydrogens (tertiary/aromatic N) is 3. The van der Waals surface area contributed by atoms with Gasteiger partial charge in [-0.25, -0.2) is 17.9 Å². The smallest absolute Gasteiger partial charge is 0.194 e. The van der Waals surface area contributed by atoms with E-state index >= 15 is 0 Å². The minimum absolute atomic E-state index is 0.00738. The number of aliphatic hydroxyl groups excluding tert-OH is 3. The van der Waals surface area contributed by atoms with Crippen molar-refractivity contribution in [2.75, 3.05) is 6.61 Å². The van der Waals surface area contributed by atoms with E-state index in [4.69, 9.17) is 4.74 Å². The molecule has 3 N–H and O–H groups in total. The van der Waals surface area contributed by atoms with Gasteiger partial charge in [-0.15, -0.1) is 5.10 Å². The fourth-order valence-electron chi connectivity index (χ4n) is 4.11. The third-order valence-corrected chi connectivity index (χ3v) is 7.07. The molecule has 5 unspecified atom stereocenters. The first-order valence-corrected chi connectivity index (χ1v) is 11.6. The number of hydrogen-bond acceptors (Lipinski definition) is 7. The fourth-order valence-corrected chi connectivity index (χ4v) is 5.22. The summed E-state index contributed by atoms with van der Waals surface area (Å²) in [6, 6.07) is 14.0. The van der Waals surface area contributed by atoms with Crippen LogP contribution in [0.5, 0.6) is 0 Å². The highest BCUT2D eigenvalue weighted by molar-refractivity contribution is 7.99. The van der Waals surface area contributed by atoms with Crippen molar-refractivity contribution in [1.82, 2.24) is 15.0 Å². The minimum Gasteiger partial charge on any atom is -0.394 e. The number of aliphatic hydroxyl groups is 3. The minimum atomic E-state index is -1.60. The van der Waals surface area contributed by atoms with Gasteiger partial charge in [-0.2, -0.15) is 0 Å². The zero-order valence-corrected chi connectivity index (χ0v) is 18.8. The Bertz CT molecular complexity index is 1350. The van der Waals surface area contributed by atoms with Crippen LogP contribution < -0.4 is 0 Å². The summed E-state index contributed by atoms with van der Waals surface area (Å²) in [4.78, 5) is 0.802. The Balaban J connectivity index is 1.44. The number of benzene rings is 3. The monoisotopic (exact) mass is 503 g/mol. The zero-order valence-electron chi connectivity index (χ0n) is 18.0. The van der Waals surface area contributed by atoms with Crippen LogP contribution in [0.2, 0.25) is 0 Å². The molecule has 7 nitrogen and oxygen atoms in total. The summed E-state index contributed by atoms with van der Waals surface area (Å²) in [6.45, 7) is -0.519. The lowest BCUT2D eigenvalue weighted by atomic mass is 9.97. The molecule has 5 rings (SSSR count). The maximum absolute atomic E-state index is 13.7. The molecule has 0 radical (unpaired) electrons. The lowest BCUT2D eigenvalue weighted by Gasteiger charge is -2.41. The van der Waals surface area contributed by atoms with Crippen LogP contribution in [0.3, 0.4) is 0 Å². The Labute approximate surface area is 201 Å². The van der Waals surface area contributed by atoms with E-state index in [1.165, 1.54) is 18.0 Å². The Morgan fingerprint density at radius 3 is 2.37 bits per heavy atom. The van der Waals surface area contributed by atoms with Gasteiger partial charge in [0.15, 0.2) is 17.5 Å². The van der Waals surface area contributed by atoms with E-state index in [9.17, 15) is 28.5 Å². The van der Waals surface area contributed by atoms with Crippen molar-refractivity contribution in [2.24, 2.45) is 0 Å². The summed E-state index contributed by atoms with van der Waals surface area (Å²) in [5, 5.41) is 41.5. The van der Waals surface area contributed by atoms with Crippen molar-refractivity contribution in [2.45, 2.75) is 34.7 Å². The predicted octanol–water partition coefficient (Wildman–Crippen LogP) is 3.29. The van der Waals surface area contributed by atoms with Gasteiger partial charge in [-0.1, -0.05) is 47.3 Å². The largest absolute Gasteiger partial charge is 0.394 e. The van der Waals surface area contributed by atoms with Gasteiger partial charge in [0.2, 0.25) is 0 Å². The normalized spacial score (nSPS) is 24.7. The van der Waals surface area contributed by atoms with E-state index in [-0.39, 0.29) is 11.3 Å². The summed E-state index contributed by atoms with van der Waals surface area (Å²) in [5.41, 5.74) is -0.937. The SMILES string of the molecule is OCC1OC(Sc2ccc3ccccc3c2)C(O)C(n2cc(-c3cc(F)c(F)c(F)c3)nn2)C1O. The number of halogens is 3. The fraction of sp³-hybridized carbons (Fsp3) is 0.250. The maximum Gasteiger partial charge on any atom is 0.194 e. The molecule has 3 aromatic carbocycles. The first-order chi connectivity index (χ1) is 16.9. The highest BCUT2D eigenvalue weighted by atomic mass is 32.2. The van der Waals surface area contributed by atoms with Crippen LogP contribution in [0.1, 0.15) is 6.04 Å². The molecule has 0 spiro atoms. The molecule has 1 saturated heterocycles. The van der Waals surface area contributed by atoms with E-state index in [1.807, 2.05) is 42.5 Å². The number of fused-ring (bicyclic) bond motifs is 1. The number of aromatic nitrogens is 3. The molecule has 1 aliphatic rings. The van der Waals surface area contributed by atoms with Gasteiger partial charge < -0.3 is 20.1 Å². The number of rotatable bonds is 5. The second kappa shape index (κ2) is 9.59. The molecule has 0 aliphatic carbocycles. The van der Waals surface area contributed by atoms with Crippen molar-refractivity contribution < 1.29 is 33.2 Å². The van der Waals surface area contributed by atoms with Crippen molar-refractivity contribution in [3.8, 4) is 11.3 Å². The van der Waals surface area contributed by atoms with Crippen molar-refractivity contribution in [3.05, 3.63) is 78.2 Å². The van der Waals surface area contributed by atoms with E-state index in [1.54, 1.807) is 0 Å². The first-order valence-electron chi connectivity index (χ1n) is 10.7.